The van der Waals surface area contributed by atoms with Gasteiger partial charge in [0, 0.05) is 0 Å². The van der Waals surface area contributed by atoms with Crippen molar-refractivity contribution in [1.29, 1.82) is 0 Å². The van der Waals surface area contributed by atoms with E-state index in [0.29, 0.717) is 21.7 Å². The van der Waals surface area contributed by atoms with Crippen LogP contribution in [0.2, 0.25) is 0 Å². The van der Waals surface area contributed by atoms with Crippen LogP contribution in [0.1, 0.15) is 132 Å². The zero-order valence-corrected chi connectivity index (χ0v) is 22.2. The van der Waals surface area contributed by atoms with E-state index in [0.717, 1.165) is 41.4 Å². The summed E-state index contributed by atoms with van der Waals surface area (Å²) in [7, 11) is 0. The molecule has 0 saturated heterocycles. The van der Waals surface area contributed by atoms with E-state index in [1.807, 2.05) is 0 Å². The highest BCUT2D eigenvalue weighted by Gasteiger charge is 2.69. The van der Waals surface area contributed by atoms with Crippen LogP contribution in [0.4, 0.5) is 0 Å². The minimum atomic E-state index is 0.596. The van der Waals surface area contributed by atoms with E-state index in [1.54, 1.807) is 51.4 Å². The van der Waals surface area contributed by atoms with Gasteiger partial charge in [0.25, 0.3) is 0 Å². The van der Waals surface area contributed by atoms with E-state index >= 15 is 0 Å². The molecule has 0 radical (unpaired) electrons. The Morgan fingerprint density at radius 1 is 0.710 bits per heavy atom. The standard InChI is InChI=1S/C31H54/c1-8-30-19-14-22(21(3)4)25(30)15-18-29(7)27(30)13-12-26-23-11-10-17-28(5,6)24(23)16-20-31(26,29)9-2/h21-27H,8-20H2,1-7H3/t22-,23+,24-,25-,26-,27+,29-,30+,31-/m1/s1. The normalized spacial score (nSPS) is 53.4. The zero-order valence-electron chi connectivity index (χ0n) is 22.2. The summed E-state index contributed by atoms with van der Waals surface area (Å²) in [6.45, 7) is 18.4. The fourth-order valence-electron chi connectivity index (χ4n) is 12.4. The Balaban J connectivity index is 1.53. The van der Waals surface area contributed by atoms with Gasteiger partial charge >= 0.3 is 0 Å². The summed E-state index contributed by atoms with van der Waals surface area (Å²) in [5.74, 6) is 7.03. The predicted molar refractivity (Wildman–Crippen MR) is 134 cm³/mol. The van der Waals surface area contributed by atoms with E-state index in [9.17, 15) is 0 Å². The maximum atomic E-state index is 2.86. The van der Waals surface area contributed by atoms with Crippen molar-refractivity contribution in [2.75, 3.05) is 0 Å². The average molecular weight is 427 g/mol. The summed E-state index contributed by atoms with van der Waals surface area (Å²) in [6, 6.07) is 0. The lowest BCUT2D eigenvalue weighted by Crippen LogP contribution is -2.64. The van der Waals surface area contributed by atoms with Gasteiger partial charge in [0.15, 0.2) is 0 Å². The molecule has 0 spiro atoms. The molecule has 0 aromatic heterocycles. The molecule has 31 heavy (non-hydrogen) atoms. The maximum Gasteiger partial charge on any atom is -0.0212 e. The van der Waals surface area contributed by atoms with Crippen LogP contribution in [-0.2, 0) is 0 Å². The second kappa shape index (κ2) is 7.50. The molecule has 0 nitrogen and oxygen atoms in total. The number of fused-ring (bicyclic) bond motifs is 7. The van der Waals surface area contributed by atoms with E-state index in [2.05, 4.69) is 48.5 Å². The van der Waals surface area contributed by atoms with Crippen LogP contribution >= 0.6 is 0 Å². The highest BCUT2D eigenvalue weighted by molar-refractivity contribution is 5.18. The number of rotatable bonds is 3. The second-order valence-corrected chi connectivity index (χ2v) is 14.5. The molecule has 0 unspecified atom stereocenters. The van der Waals surface area contributed by atoms with Gasteiger partial charge in [-0.25, -0.2) is 0 Å². The second-order valence-electron chi connectivity index (χ2n) is 14.5. The first-order chi connectivity index (χ1) is 14.7. The molecule has 5 saturated carbocycles. The first-order valence-electron chi connectivity index (χ1n) is 14.7. The summed E-state index contributed by atoms with van der Waals surface area (Å²) in [5, 5.41) is 0. The van der Waals surface area contributed by atoms with Crippen molar-refractivity contribution in [1.82, 2.24) is 0 Å². The van der Waals surface area contributed by atoms with Crippen LogP contribution in [0.15, 0.2) is 0 Å². The van der Waals surface area contributed by atoms with Crippen molar-refractivity contribution in [2.24, 2.45) is 63.1 Å². The molecule has 0 aromatic carbocycles. The van der Waals surface area contributed by atoms with Gasteiger partial charge in [-0.2, -0.15) is 0 Å². The molecule has 0 heteroatoms. The van der Waals surface area contributed by atoms with Crippen LogP contribution in [0.25, 0.3) is 0 Å². The molecule has 5 aliphatic rings. The maximum absolute atomic E-state index is 2.86. The van der Waals surface area contributed by atoms with Gasteiger partial charge in [-0.15, -0.1) is 0 Å². The molecular formula is C31H54. The molecule has 0 amide bonds. The molecule has 5 aliphatic carbocycles. The van der Waals surface area contributed by atoms with Crippen LogP contribution < -0.4 is 0 Å². The number of hydrogen-bond acceptors (Lipinski definition) is 0. The van der Waals surface area contributed by atoms with Crippen molar-refractivity contribution in [3.05, 3.63) is 0 Å². The van der Waals surface area contributed by atoms with Gasteiger partial charge in [-0.3, -0.25) is 0 Å². The predicted octanol–water partition coefficient (Wildman–Crippen LogP) is 9.52. The summed E-state index contributed by atoms with van der Waals surface area (Å²) >= 11 is 0. The Hall–Kier alpha value is 0. The van der Waals surface area contributed by atoms with Gasteiger partial charge < -0.3 is 0 Å². The Kier molecular flexibility index (Phi) is 5.51. The monoisotopic (exact) mass is 426 g/mol. The third-order valence-electron chi connectivity index (χ3n) is 13.7. The van der Waals surface area contributed by atoms with E-state index in [4.69, 9.17) is 0 Å². The van der Waals surface area contributed by atoms with Gasteiger partial charge in [0.05, 0.1) is 0 Å². The molecule has 178 valence electrons. The van der Waals surface area contributed by atoms with Crippen molar-refractivity contribution in [2.45, 2.75) is 132 Å². The van der Waals surface area contributed by atoms with Crippen LogP contribution in [-0.4, -0.2) is 0 Å². The highest BCUT2D eigenvalue weighted by atomic mass is 14.7. The quantitative estimate of drug-likeness (QED) is 0.421. The van der Waals surface area contributed by atoms with Crippen molar-refractivity contribution < 1.29 is 0 Å². The average Bonchev–Trinajstić information content (AvgIpc) is 3.13. The SMILES string of the molecule is CC[C@]12CC[C@H](C(C)C)[C@H]1CC[C@]1(C)[C@@H]2CC[C@@H]2[C@H]3CCCC(C)(C)[C@@H]3CC[C@]21CC. The Morgan fingerprint density at radius 3 is 2.13 bits per heavy atom. The Labute approximate surface area is 195 Å². The Morgan fingerprint density at radius 2 is 1.45 bits per heavy atom. The van der Waals surface area contributed by atoms with Gasteiger partial charge in [0.2, 0.25) is 0 Å². The van der Waals surface area contributed by atoms with Crippen LogP contribution in [0.5, 0.6) is 0 Å². The molecule has 0 aliphatic heterocycles. The topological polar surface area (TPSA) is 0 Å². The lowest BCUT2D eigenvalue weighted by molar-refractivity contribution is -0.229. The van der Waals surface area contributed by atoms with E-state index < -0.39 is 0 Å². The summed E-state index contributed by atoms with van der Waals surface area (Å²) in [5.41, 5.74) is 2.53. The smallest absolute Gasteiger partial charge is 0.0212 e. The largest absolute Gasteiger partial charge is 0.0648 e. The van der Waals surface area contributed by atoms with Crippen molar-refractivity contribution in [3.63, 3.8) is 0 Å². The number of hydrogen-bond donors (Lipinski definition) is 0. The van der Waals surface area contributed by atoms with Gasteiger partial charge in [-0.1, -0.05) is 54.9 Å². The van der Waals surface area contributed by atoms with E-state index in [1.165, 1.54) is 32.1 Å². The molecule has 9 atom stereocenters. The van der Waals surface area contributed by atoms with Crippen LogP contribution in [0.3, 0.4) is 0 Å². The lowest BCUT2D eigenvalue weighted by atomic mass is 9.33. The van der Waals surface area contributed by atoms with E-state index in [-0.39, 0.29) is 0 Å². The third kappa shape index (κ3) is 2.84. The summed E-state index contributed by atoms with van der Waals surface area (Å²) in [4.78, 5) is 0. The molecule has 0 heterocycles. The summed E-state index contributed by atoms with van der Waals surface area (Å²) < 4.78 is 0. The minimum Gasteiger partial charge on any atom is -0.0648 e. The molecule has 0 bridgehead atoms. The highest BCUT2D eigenvalue weighted by Crippen LogP contribution is 2.77. The lowest BCUT2D eigenvalue weighted by Gasteiger charge is -2.72. The van der Waals surface area contributed by atoms with Crippen molar-refractivity contribution >= 4 is 0 Å². The molecule has 5 rings (SSSR count). The van der Waals surface area contributed by atoms with Crippen LogP contribution in [0, 0.1) is 63.1 Å². The van der Waals surface area contributed by atoms with Gasteiger partial charge in [0.1, 0.15) is 0 Å². The first-order valence-corrected chi connectivity index (χ1v) is 14.7. The Bertz CT molecular complexity index is 674. The fraction of sp³-hybridized carbons (Fsp3) is 1.00. The molecule has 5 fully saturated rings. The molecular weight excluding hydrogens is 372 g/mol. The first kappa shape index (κ1) is 22.8. The minimum absolute atomic E-state index is 0.596. The third-order valence-corrected chi connectivity index (χ3v) is 13.7. The van der Waals surface area contributed by atoms with Crippen molar-refractivity contribution in [3.8, 4) is 0 Å². The summed E-state index contributed by atoms with van der Waals surface area (Å²) in [6.07, 6.45) is 19.9. The van der Waals surface area contributed by atoms with Gasteiger partial charge in [-0.05, 0) is 140 Å². The molecule has 0 N–H and O–H groups in total. The zero-order chi connectivity index (χ0) is 22.2. The fourth-order valence-corrected chi connectivity index (χ4v) is 12.4. The molecule has 0 aromatic rings.